The van der Waals surface area contributed by atoms with Gasteiger partial charge in [0.2, 0.25) is 0 Å². The van der Waals surface area contributed by atoms with Crippen LogP contribution in [0.2, 0.25) is 0 Å². The lowest BCUT2D eigenvalue weighted by Crippen LogP contribution is -2.33. The maximum absolute atomic E-state index is 13.7. The van der Waals surface area contributed by atoms with E-state index in [4.69, 9.17) is 4.74 Å². The zero-order chi connectivity index (χ0) is 24.4. The highest BCUT2D eigenvalue weighted by Gasteiger charge is 2.39. The van der Waals surface area contributed by atoms with Crippen molar-refractivity contribution in [2.75, 3.05) is 35.7 Å². The summed E-state index contributed by atoms with van der Waals surface area (Å²) in [6.45, 7) is 6.30. The van der Waals surface area contributed by atoms with E-state index in [9.17, 15) is 4.79 Å². The first-order chi connectivity index (χ1) is 17.1. The van der Waals surface area contributed by atoms with Gasteiger partial charge in [0.1, 0.15) is 11.5 Å². The molecule has 3 aromatic rings. The number of hydrogen-bond donors (Lipinski definition) is 2. The van der Waals surface area contributed by atoms with Gasteiger partial charge in [0, 0.05) is 36.8 Å². The number of nitrogens with one attached hydrogen (secondary N) is 2. The van der Waals surface area contributed by atoms with E-state index in [1.807, 2.05) is 36.4 Å². The molecule has 1 aliphatic heterocycles. The Bertz CT molecular complexity index is 1210. The van der Waals surface area contributed by atoms with E-state index >= 15 is 0 Å². The number of carbonyl (C=O) groups excluding carboxylic acids is 1. The molecule has 0 saturated carbocycles. The van der Waals surface area contributed by atoms with Crippen LogP contribution in [0.5, 0.6) is 5.75 Å². The largest absolute Gasteiger partial charge is 0.497 e. The van der Waals surface area contributed by atoms with Crippen LogP contribution in [-0.4, -0.2) is 26.0 Å². The molecule has 1 heterocycles. The smallest absolute Gasteiger partial charge is 0.145 e. The molecule has 0 saturated heterocycles. The standard InChI is InChI=1S/C30H33N3O2/c1-4-33(5-2)23-14-10-20(11-15-23)22-18-27-29(28(34)19-22)30(21-12-16-24(35-3)17-13-21)32-26-9-7-6-8-25(26)31-27/h6-18,22,29-32H,4-5,19H2,1-3H3/t22-,29-,30-/m1/s1. The van der Waals surface area contributed by atoms with Gasteiger partial charge in [-0.1, -0.05) is 42.5 Å². The van der Waals surface area contributed by atoms with Crippen LogP contribution in [0.15, 0.2) is 84.6 Å². The molecule has 5 heteroatoms. The molecule has 35 heavy (non-hydrogen) atoms. The molecule has 180 valence electrons. The number of Topliss-reactive ketones (excluding diaryl/α,β-unsaturated/α-hetero) is 1. The van der Waals surface area contributed by atoms with E-state index < -0.39 is 0 Å². The predicted octanol–water partition coefficient (Wildman–Crippen LogP) is 6.38. The molecular formula is C30H33N3O2. The molecular weight excluding hydrogens is 434 g/mol. The van der Waals surface area contributed by atoms with Crippen molar-refractivity contribution < 1.29 is 9.53 Å². The van der Waals surface area contributed by atoms with Crippen LogP contribution in [0.25, 0.3) is 0 Å². The predicted molar refractivity (Wildman–Crippen MR) is 143 cm³/mol. The van der Waals surface area contributed by atoms with Crippen LogP contribution < -0.4 is 20.3 Å². The average molecular weight is 468 g/mol. The number of nitrogens with zero attached hydrogens (tertiary/aromatic N) is 1. The Morgan fingerprint density at radius 2 is 1.54 bits per heavy atom. The number of fused-ring (bicyclic) bond motifs is 2. The zero-order valence-corrected chi connectivity index (χ0v) is 20.6. The maximum atomic E-state index is 13.7. The molecule has 0 aromatic heterocycles. The third kappa shape index (κ3) is 4.51. The highest BCUT2D eigenvalue weighted by molar-refractivity contribution is 5.90. The van der Waals surface area contributed by atoms with Crippen LogP contribution in [0.4, 0.5) is 17.1 Å². The lowest BCUT2D eigenvalue weighted by Gasteiger charge is -2.32. The van der Waals surface area contributed by atoms with E-state index in [2.05, 4.69) is 71.9 Å². The summed E-state index contributed by atoms with van der Waals surface area (Å²) >= 11 is 0. The van der Waals surface area contributed by atoms with Crippen molar-refractivity contribution in [3.63, 3.8) is 0 Å². The summed E-state index contributed by atoms with van der Waals surface area (Å²) in [5.74, 6) is 0.810. The summed E-state index contributed by atoms with van der Waals surface area (Å²) < 4.78 is 5.35. The molecule has 0 fully saturated rings. The van der Waals surface area contributed by atoms with Crippen LogP contribution >= 0.6 is 0 Å². The van der Waals surface area contributed by atoms with Gasteiger partial charge in [0.15, 0.2) is 0 Å². The monoisotopic (exact) mass is 467 g/mol. The molecule has 0 radical (unpaired) electrons. The Morgan fingerprint density at radius 1 is 0.886 bits per heavy atom. The third-order valence-electron chi connectivity index (χ3n) is 7.26. The first-order valence-electron chi connectivity index (χ1n) is 12.5. The minimum absolute atomic E-state index is 0.0498. The van der Waals surface area contributed by atoms with Gasteiger partial charge in [-0.3, -0.25) is 4.79 Å². The molecule has 2 aliphatic rings. The summed E-state index contributed by atoms with van der Waals surface area (Å²) in [6, 6.07) is 24.7. The quantitative estimate of drug-likeness (QED) is 0.441. The number of ether oxygens (including phenoxy) is 1. The highest BCUT2D eigenvalue weighted by atomic mass is 16.5. The summed E-state index contributed by atoms with van der Waals surface area (Å²) in [5.41, 5.74) is 6.42. The number of methoxy groups -OCH3 is 1. The fourth-order valence-electron chi connectivity index (χ4n) is 5.33. The Morgan fingerprint density at radius 3 is 2.20 bits per heavy atom. The minimum atomic E-state index is -0.290. The summed E-state index contributed by atoms with van der Waals surface area (Å²) in [5, 5.41) is 7.27. The number of allylic oxidation sites excluding steroid dienone is 1. The third-order valence-corrected chi connectivity index (χ3v) is 7.26. The van der Waals surface area contributed by atoms with Crippen LogP contribution in [0.3, 0.4) is 0 Å². The second kappa shape index (κ2) is 9.87. The number of carbonyl (C=O) groups is 1. The summed E-state index contributed by atoms with van der Waals surface area (Å²) in [6.07, 6.45) is 2.75. The van der Waals surface area contributed by atoms with E-state index in [-0.39, 0.29) is 23.7 Å². The van der Waals surface area contributed by atoms with Gasteiger partial charge in [-0.05, 0) is 61.4 Å². The van der Waals surface area contributed by atoms with E-state index in [1.54, 1.807) is 7.11 Å². The number of hydrogen-bond acceptors (Lipinski definition) is 5. The van der Waals surface area contributed by atoms with Crippen molar-refractivity contribution in [3.8, 4) is 5.75 Å². The molecule has 2 N–H and O–H groups in total. The van der Waals surface area contributed by atoms with Gasteiger partial charge in [-0.15, -0.1) is 0 Å². The number of rotatable bonds is 6. The second-order valence-corrected chi connectivity index (χ2v) is 9.21. The van der Waals surface area contributed by atoms with Gasteiger partial charge in [-0.25, -0.2) is 0 Å². The second-order valence-electron chi connectivity index (χ2n) is 9.21. The lowest BCUT2D eigenvalue weighted by atomic mass is 9.76. The molecule has 0 bridgehead atoms. The van der Waals surface area contributed by atoms with Gasteiger partial charge in [0.05, 0.1) is 30.4 Å². The molecule has 0 unspecified atom stereocenters. The SMILES string of the molecule is CCN(CC)c1ccc([C@@H]2C=C3Nc4ccccc4N[C@H](c4ccc(OC)cc4)[C@H]3C(=O)C2)cc1. The van der Waals surface area contributed by atoms with E-state index in [0.29, 0.717) is 6.42 Å². The topological polar surface area (TPSA) is 53.6 Å². The van der Waals surface area contributed by atoms with Crippen LogP contribution in [0, 0.1) is 5.92 Å². The molecule has 1 aliphatic carbocycles. The molecule has 0 amide bonds. The Hall–Kier alpha value is -3.73. The fraction of sp³-hybridized carbons (Fsp3) is 0.300. The van der Waals surface area contributed by atoms with Crippen molar-refractivity contribution in [1.29, 1.82) is 0 Å². The molecule has 3 atom stereocenters. The highest BCUT2D eigenvalue weighted by Crippen LogP contribution is 2.44. The number of benzene rings is 3. The molecule has 0 spiro atoms. The van der Waals surface area contributed by atoms with Gasteiger partial charge >= 0.3 is 0 Å². The van der Waals surface area contributed by atoms with Crippen LogP contribution in [-0.2, 0) is 4.79 Å². The van der Waals surface area contributed by atoms with Gasteiger partial charge < -0.3 is 20.3 Å². The fourth-order valence-corrected chi connectivity index (χ4v) is 5.33. The van der Waals surface area contributed by atoms with Crippen molar-refractivity contribution >= 4 is 22.8 Å². The molecule has 3 aromatic carbocycles. The van der Waals surface area contributed by atoms with Crippen molar-refractivity contribution in [1.82, 2.24) is 0 Å². The molecule has 5 nitrogen and oxygen atoms in total. The molecule has 5 rings (SSSR count). The van der Waals surface area contributed by atoms with E-state index in [0.717, 1.165) is 41.5 Å². The van der Waals surface area contributed by atoms with Crippen molar-refractivity contribution in [2.24, 2.45) is 5.92 Å². The summed E-state index contributed by atoms with van der Waals surface area (Å²) in [7, 11) is 1.67. The lowest BCUT2D eigenvalue weighted by molar-refractivity contribution is -0.122. The Balaban J connectivity index is 1.52. The minimum Gasteiger partial charge on any atom is -0.497 e. The Kier molecular flexibility index (Phi) is 6.49. The van der Waals surface area contributed by atoms with Gasteiger partial charge in [-0.2, -0.15) is 0 Å². The average Bonchev–Trinajstić information content (AvgIpc) is 3.07. The van der Waals surface area contributed by atoms with E-state index in [1.165, 1.54) is 11.3 Å². The zero-order valence-electron chi connectivity index (χ0n) is 20.6. The maximum Gasteiger partial charge on any atom is 0.145 e. The normalized spacial score (nSPS) is 20.9. The Labute approximate surface area is 207 Å². The first-order valence-corrected chi connectivity index (χ1v) is 12.5. The summed E-state index contributed by atoms with van der Waals surface area (Å²) in [4.78, 5) is 16.1. The van der Waals surface area contributed by atoms with Gasteiger partial charge in [0.25, 0.3) is 0 Å². The van der Waals surface area contributed by atoms with Crippen molar-refractivity contribution in [2.45, 2.75) is 32.2 Å². The number of para-hydroxylation sites is 2. The van der Waals surface area contributed by atoms with Crippen molar-refractivity contribution in [3.05, 3.63) is 95.7 Å². The first kappa shape index (κ1) is 23.0. The number of anilines is 3. The van der Waals surface area contributed by atoms with Crippen LogP contribution in [0.1, 0.15) is 43.4 Å². The number of ketones is 1.